The van der Waals surface area contributed by atoms with E-state index in [1.54, 1.807) is 0 Å². The predicted molar refractivity (Wildman–Crippen MR) is 92.9 cm³/mol. The maximum Gasteiger partial charge on any atom is 0.311 e. The SMILES string of the molecule is CC1=CCC[C@@]2(C)O[C@H]2[C@H]2OC(=O)[C@@H](CN3CCC(F)CC3)[C@@H]2CC1. The fourth-order valence-electron chi connectivity index (χ4n) is 4.91. The van der Waals surface area contributed by atoms with Gasteiger partial charge in [-0.25, -0.2) is 4.39 Å². The first-order chi connectivity index (χ1) is 12.0. The van der Waals surface area contributed by atoms with E-state index in [0.717, 1.165) is 38.8 Å². The van der Waals surface area contributed by atoms with Crippen molar-refractivity contribution in [3.63, 3.8) is 0 Å². The molecule has 0 aromatic heterocycles. The zero-order valence-electron chi connectivity index (χ0n) is 15.4. The molecule has 0 N–H and O–H groups in total. The minimum Gasteiger partial charge on any atom is -0.459 e. The van der Waals surface area contributed by atoms with Gasteiger partial charge in [-0.15, -0.1) is 0 Å². The number of hydrogen-bond acceptors (Lipinski definition) is 4. The number of hydrogen-bond donors (Lipinski definition) is 0. The van der Waals surface area contributed by atoms with E-state index in [2.05, 4.69) is 24.8 Å². The Morgan fingerprint density at radius 2 is 2.08 bits per heavy atom. The fourth-order valence-corrected chi connectivity index (χ4v) is 4.91. The molecule has 0 spiro atoms. The van der Waals surface area contributed by atoms with Crippen LogP contribution in [0, 0.1) is 11.8 Å². The Kier molecular flexibility index (Phi) is 4.65. The lowest BCUT2D eigenvalue weighted by Gasteiger charge is -2.31. The second-order valence-electron chi connectivity index (χ2n) is 8.63. The van der Waals surface area contributed by atoms with Crippen LogP contribution in [0.3, 0.4) is 0 Å². The van der Waals surface area contributed by atoms with E-state index in [0.29, 0.717) is 19.4 Å². The van der Waals surface area contributed by atoms with Crippen LogP contribution in [0.1, 0.15) is 52.4 Å². The summed E-state index contributed by atoms with van der Waals surface area (Å²) in [7, 11) is 0. The monoisotopic (exact) mass is 351 g/mol. The third-order valence-corrected chi connectivity index (χ3v) is 6.71. The van der Waals surface area contributed by atoms with Crippen molar-refractivity contribution in [1.82, 2.24) is 4.90 Å². The van der Waals surface area contributed by atoms with Crippen molar-refractivity contribution >= 4 is 5.97 Å². The number of halogens is 1. The fraction of sp³-hybridized carbons (Fsp3) is 0.850. The molecule has 3 aliphatic heterocycles. The largest absolute Gasteiger partial charge is 0.459 e. The van der Waals surface area contributed by atoms with Crippen molar-refractivity contribution in [2.45, 2.75) is 76.4 Å². The first-order valence-corrected chi connectivity index (χ1v) is 9.87. The van der Waals surface area contributed by atoms with Gasteiger partial charge < -0.3 is 14.4 Å². The van der Waals surface area contributed by atoms with Gasteiger partial charge in [0.15, 0.2) is 0 Å². The van der Waals surface area contributed by atoms with Gasteiger partial charge >= 0.3 is 5.97 Å². The van der Waals surface area contributed by atoms with Crippen LogP contribution in [0.2, 0.25) is 0 Å². The van der Waals surface area contributed by atoms with Crippen LogP contribution in [0.5, 0.6) is 0 Å². The highest BCUT2D eigenvalue weighted by atomic mass is 19.1. The van der Waals surface area contributed by atoms with Crippen LogP contribution in [0.15, 0.2) is 11.6 Å². The number of likely N-dealkylation sites (tertiary alicyclic amines) is 1. The standard InChI is InChI=1S/C20H30FNO3/c1-13-4-3-9-20(2)18(25-20)17-15(6-5-13)16(19(23)24-17)12-22-10-7-14(21)8-11-22/h4,14-18H,3,5-12H2,1-2H3/t15-,16-,17-,18-,20+/m0/s1. The summed E-state index contributed by atoms with van der Waals surface area (Å²) in [6.07, 6.45) is 6.77. The summed E-state index contributed by atoms with van der Waals surface area (Å²) in [5.41, 5.74) is 1.26. The third-order valence-electron chi connectivity index (χ3n) is 6.71. The van der Waals surface area contributed by atoms with Crippen LogP contribution in [-0.4, -0.2) is 54.5 Å². The molecule has 4 aliphatic rings. The predicted octanol–water partition coefficient (Wildman–Crippen LogP) is 3.26. The maximum atomic E-state index is 13.4. The van der Waals surface area contributed by atoms with Gasteiger partial charge in [-0.1, -0.05) is 11.6 Å². The normalized spacial score (nSPS) is 43.0. The average molecular weight is 351 g/mol. The molecule has 0 amide bonds. The lowest BCUT2D eigenvalue weighted by Crippen LogP contribution is -2.41. The number of rotatable bonds is 2. The number of alkyl halides is 1. The van der Waals surface area contributed by atoms with E-state index in [9.17, 15) is 9.18 Å². The summed E-state index contributed by atoms with van der Waals surface area (Å²) in [4.78, 5) is 14.9. The lowest BCUT2D eigenvalue weighted by molar-refractivity contribution is -0.145. The molecule has 140 valence electrons. The number of ether oxygens (including phenoxy) is 2. The number of carbonyl (C=O) groups excluding carboxylic acids is 1. The lowest BCUT2D eigenvalue weighted by atomic mass is 9.80. The average Bonchev–Trinajstić information content (AvgIpc) is 3.15. The first-order valence-electron chi connectivity index (χ1n) is 9.87. The number of fused-ring (bicyclic) bond motifs is 3. The number of epoxide rings is 1. The van der Waals surface area contributed by atoms with Gasteiger partial charge in [0.2, 0.25) is 0 Å². The van der Waals surface area contributed by atoms with Crippen LogP contribution < -0.4 is 0 Å². The van der Waals surface area contributed by atoms with Gasteiger partial charge in [-0.05, 0) is 52.4 Å². The molecule has 3 heterocycles. The Balaban J connectivity index is 1.49. The number of allylic oxidation sites excluding steroid dienone is 2. The molecule has 5 heteroatoms. The van der Waals surface area contributed by atoms with E-state index < -0.39 is 6.17 Å². The first kappa shape index (κ1) is 17.5. The van der Waals surface area contributed by atoms with Crippen LogP contribution in [0.4, 0.5) is 4.39 Å². The summed E-state index contributed by atoms with van der Waals surface area (Å²) in [6, 6.07) is 0. The maximum absolute atomic E-state index is 13.4. The summed E-state index contributed by atoms with van der Waals surface area (Å²) >= 11 is 0. The van der Waals surface area contributed by atoms with Crippen LogP contribution in [0.25, 0.3) is 0 Å². The van der Waals surface area contributed by atoms with Crippen LogP contribution in [-0.2, 0) is 14.3 Å². The molecule has 4 rings (SSSR count). The summed E-state index contributed by atoms with van der Waals surface area (Å²) in [5, 5.41) is 0. The Morgan fingerprint density at radius 1 is 1.32 bits per heavy atom. The topological polar surface area (TPSA) is 42.1 Å². The number of esters is 1. The second-order valence-corrected chi connectivity index (χ2v) is 8.63. The van der Waals surface area contributed by atoms with E-state index >= 15 is 0 Å². The van der Waals surface area contributed by atoms with E-state index in [4.69, 9.17) is 9.47 Å². The van der Waals surface area contributed by atoms with Gasteiger partial charge in [0, 0.05) is 25.6 Å². The highest BCUT2D eigenvalue weighted by Gasteiger charge is 2.62. The minimum absolute atomic E-state index is 0.0508. The molecule has 0 unspecified atom stereocenters. The third kappa shape index (κ3) is 3.50. The molecule has 0 bridgehead atoms. The highest BCUT2D eigenvalue weighted by molar-refractivity contribution is 5.75. The van der Waals surface area contributed by atoms with Gasteiger partial charge in [0.25, 0.3) is 0 Å². The van der Waals surface area contributed by atoms with Crippen molar-refractivity contribution in [2.75, 3.05) is 19.6 Å². The number of carbonyl (C=O) groups is 1. The van der Waals surface area contributed by atoms with Crippen molar-refractivity contribution in [3.8, 4) is 0 Å². The van der Waals surface area contributed by atoms with E-state index in [1.165, 1.54) is 5.57 Å². The molecule has 0 aromatic rings. The summed E-state index contributed by atoms with van der Waals surface area (Å²) in [5.74, 6) is 0.0433. The molecular weight excluding hydrogens is 321 g/mol. The van der Waals surface area contributed by atoms with Crippen molar-refractivity contribution < 1.29 is 18.7 Å². The van der Waals surface area contributed by atoms with Gasteiger partial charge in [-0.2, -0.15) is 0 Å². The van der Waals surface area contributed by atoms with Crippen molar-refractivity contribution in [1.29, 1.82) is 0 Å². The zero-order chi connectivity index (χ0) is 17.6. The Hall–Kier alpha value is -0.940. The van der Waals surface area contributed by atoms with Crippen molar-refractivity contribution in [3.05, 3.63) is 11.6 Å². The molecule has 1 aliphatic carbocycles. The van der Waals surface area contributed by atoms with Gasteiger partial charge in [0.1, 0.15) is 18.4 Å². The summed E-state index contributed by atoms with van der Waals surface area (Å²) in [6.45, 7) is 6.53. The molecule has 0 aromatic carbocycles. The summed E-state index contributed by atoms with van der Waals surface area (Å²) < 4.78 is 25.3. The highest BCUT2D eigenvalue weighted by Crippen LogP contribution is 2.50. The molecule has 4 nitrogen and oxygen atoms in total. The number of nitrogens with zero attached hydrogens (tertiary/aromatic N) is 1. The molecule has 0 radical (unpaired) electrons. The quantitative estimate of drug-likeness (QED) is 0.435. The van der Waals surface area contributed by atoms with E-state index in [-0.39, 0.29) is 35.6 Å². The zero-order valence-corrected chi connectivity index (χ0v) is 15.4. The number of piperidine rings is 1. The molecule has 25 heavy (non-hydrogen) atoms. The minimum atomic E-state index is -0.679. The Bertz CT molecular complexity index is 557. The second kappa shape index (κ2) is 6.66. The van der Waals surface area contributed by atoms with Crippen molar-refractivity contribution in [2.24, 2.45) is 11.8 Å². The molecular formula is C20H30FNO3. The molecule has 5 atom stereocenters. The van der Waals surface area contributed by atoms with Gasteiger partial charge in [0.05, 0.1) is 11.5 Å². The smallest absolute Gasteiger partial charge is 0.311 e. The van der Waals surface area contributed by atoms with Gasteiger partial charge in [-0.3, -0.25) is 4.79 Å². The Labute approximate surface area is 149 Å². The Morgan fingerprint density at radius 3 is 2.84 bits per heavy atom. The van der Waals surface area contributed by atoms with E-state index in [1.807, 2.05) is 0 Å². The molecule has 3 saturated heterocycles. The molecule has 3 fully saturated rings. The molecule has 0 saturated carbocycles. The van der Waals surface area contributed by atoms with Crippen LogP contribution >= 0.6 is 0 Å².